The second-order valence-electron chi connectivity index (χ2n) is 7.49. The third-order valence-corrected chi connectivity index (χ3v) is 4.92. The smallest absolute Gasteiger partial charge is 0.337 e. The predicted molar refractivity (Wildman–Crippen MR) is 121 cm³/mol. The van der Waals surface area contributed by atoms with Crippen LogP contribution in [0.4, 0.5) is 0 Å². The number of carbonyl (C=O) groups excluding carboxylic acids is 1. The van der Waals surface area contributed by atoms with E-state index < -0.39 is 0 Å². The Bertz CT molecular complexity index is 1310. The molecule has 1 aromatic heterocycles. The van der Waals surface area contributed by atoms with Gasteiger partial charge in [0.15, 0.2) is 0 Å². The Hall–Kier alpha value is -4.06. The Labute approximate surface area is 185 Å². The molecule has 0 aliphatic rings. The number of fused-ring (bicyclic) bond motifs is 1. The van der Waals surface area contributed by atoms with Gasteiger partial charge in [0, 0.05) is 6.07 Å². The Kier molecular flexibility index (Phi) is 5.94. The number of carbonyl (C=O) groups is 1. The van der Waals surface area contributed by atoms with Gasteiger partial charge in [-0.05, 0) is 66.9 Å². The van der Waals surface area contributed by atoms with Crippen LogP contribution in [-0.2, 0) is 11.3 Å². The molecule has 32 heavy (non-hydrogen) atoms. The predicted octanol–water partition coefficient (Wildman–Crippen LogP) is 5.57. The summed E-state index contributed by atoms with van der Waals surface area (Å²) in [4.78, 5) is 24.4. The third kappa shape index (κ3) is 4.64. The lowest BCUT2D eigenvalue weighted by Gasteiger charge is -2.09. The van der Waals surface area contributed by atoms with Crippen LogP contribution in [0, 0.1) is 13.8 Å². The fourth-order valence-electron chi connectivity index (χ4n) is 3.39. The highest BCUT2D eigenvalue weighted by Crippen LogP contribution is 2.25. The zero-order valence-electron chi connectivity index (χ0n) is 18.0. The molecule has 6 nitrogen and oxygen atoms in total. The molecule has 0 radical (unpaired) electrons. The molecule has 0 atom stereocenters. The first-order valence-electron chi connectivity index (χ1n) is 10.0. The van der Waals surface area contributed by atoms with Crippen LogP contribution in [0.5, 0.6) is 17.2 Å². The molecule has 0 spiro atoms. The Balaban J connectivity index is 1.50. The van der Waals surface area contributed by atoms with Gasteiger partial charge in [0.1, 0.15) is 30.0 Å². The van der Waals surface area contributed by atoms with Crippen molar-refractivity contribution in [2.45, 2.75) is 20.5 Å². The molecular formula is C26H22O6. The average Bonchev–Trinajstić information content (AvgIpc) is 2.78. The van der Waals surface area contributed by atoms with Crippen LogP contribution in [0.2, 0.25) is 0 Å². The molecule has 162 valence electrons. The van der Waals surface area contributed by atoms with Crippen molar-refractivity contribution >= 4 is 16.9 Å². The molecule has 1 heterocycles. The number of esters is 1. The molecule has 3 aromatic carbocycles. The van der Waals surface area contributed by atoms with Crippen LogP contribution in [0.25, 0.3) is 11.0 Å². The highest BCUT2D eigenvalue weighted by molar-refractivity contribution is 5.89. The maximum atomic E-state index is 12.8. The summed E-state index contributed by atoms with van der Waals surface area (Å²) in [6.07, 6.45) is 1.32. The van der Waals surface area contributed by atoms with Crippen molar-refractivity contribution in [3.8, 4) is 17.2 Å². The van der Waals surface area contributed by atoms with Gasteiger partial charge in [0.2, 0.25) is 11.2 Å². The number of ether oxygens (including phenoxy) is 3. The molecule has 0 saturated carbocycles. The van der Waals surface area contributed by atoms with Crippen molar-refractivity contribution in [3.05, 3.63) is 99.4 Å². The van der Waals surface area contributed by atoms with E-state index in [9.17, 15) is 9.59 Å². The minimum Gasteiger partial charge on any atom is -0.489 e. The molecule has 4 rings (SSSR count). The van der Waals surface area contributed by atoms with Crippen LogP contribution in [0.15, 0.2) is 76.1 Å². The molecule has 6 heteroatoms. The van der Waals surface area contributed by atoms with E-state index in [4.69, 9.17) is 18.6 Å². The molecule has 4 aromatic rings. The van der Waals surface area contributed by atoms with Crippen molar-refractivity contribution in [3.63, 3.8) is 0 Å². The average molecular weight is 430 g/mol. The lowest BCUT2D eigenvalue weighted by Crippen LogP contribution is -2.05. The lowest BCUT2D eigenvalue weighted by atomic mass is 10.1. The van der Waals surface area contributed by atoms with Gasteiger partial charge >= 0.3 is 5.97 Å². The Morgan fingerprint density at radius 3 is 2.31 bits per heavy atom. The van der Waals surface area contributed by atoms with E-state index >= 15 is 0 Å². The molecule has 0 N–H and O–H groups in total. The second-order valence-corrected chi connectivity index (χ2v) is 7.49. The number of rotatable bonds is 6. The van der Waals surface area contributed by atoms with Crippen molar-refractivity contribution in [1.82, 2.24) is 0 Å². The second kappa shape index (κ2) is 8.98. The number of hydrogen-bond acceptors (Lipinski definition) is 6. The van der Waals surface area contributed by atoms with E-state index in [1.807, 2.05) is 32.0 Å². The maximum absolute atomic E-state index is 12.8. The largest absolute Gasteiger partial charge is 0.489 e. The fourth-order valence-corrected chi connectivity index (χ4v) is 3.39. The van der Waals surface area contributed by atoms with E-state index in [-0.39, 0.29) is 17.1 Å². The monoisotopic (exact) mass is 430 g/mol. The summed E-state index contributed by atoms with van der Waals surface area (Å²) in [7, 11) is 1.34. The summed E-state index contributed by atoms with van der Waals surface area (Å²) in [6.45, 7) is 4.24. The number of aryl methyl sites for hydroxylation is 2. The SMILES string of the molecule is COC(=O)c1ccc(COc2ccc3c(=O)c(Oc4cc(C)cc(C)c4)coc3c2)cc1. The molecule has 0 bridgehead atoms. The zero-order valence-corrected chi connectivity index (χ0v) is 18.0. The van der Waals surface area contributed by atoms with Crippen molar-refractivity contribution in [2.24, 2.45) is 0 Å². The summed E-state index contributed by atoms with van der Waals surface area (Å²) in [5, 5.41) is 0.404. The topological polar surface area (TPSA) is 75.0 Å². The fraction of sp³-hybridized carbons (Fsp3) is 0.154. The molecule has 0 aliphatic heterocycles. The number of benzene rings is 3. The van der Waals surface area contributed by atoms with Gasteiger partial charge in [0.25, 0.3) is 0 Å². The first-order valence-corrected chi connectivity index (χ1v) is 10.0. The van der Waals surface area contributed by atoms with E-state index in [0.717, 1.165) is 16.7 Å². The maximum Gasteiger partial charge on any atom is 0.337 e. The van der Waals surface area contributed by atoms with E-state index in [2.05, 4.69) is 0 Å². The van der Waals surface area contributed by atoms with E-state index in [1.54, 1.807) is 42.5 Å². The molecule has 0 aliphatic carbocycles. The summed E-state index contributed by atoms with van der Waals surface area (Å²) in [6, 6.07) is 17.8. The van der Waals surface area contributed by atoms with Crippen molar-refractivity contribution in [2.75, 3.05) is 7.11 Å². The standard InChI is InChI=1S/C26H22O6/c1-16-10-17(2)12-21(11-16)32-24-15-31-23-13-20(8-9-22(23)25(24)27)30-14-18-4-6-19(7-5-18)26(28)29-3/h4-13,15H,14H2,1-3H3. The van der Waals surface area contributed by atoms with Crippen LogP contribution in [0.3, 0.4) is 0 Å². The Morgan fingerprint density at radius 1 is 0.906 bits per heavy atom. The van der Waals surface area contributed by atoms with E-state index in [0.29, 0.717) is 34.6 Å². The summed E-state index contributed by atoms with van der Waals surface area (Å²) < 4.78 is 21.9. The highest BCUT2D eigenvalue weighted by atomic mass is 16.5. The van der Waals surface area contributed by atoms with Gasteiger partial charge in [-0.25, -0.2) is 4.79 Å². The zero-order chi connectivity index (χ0) is 22.7. The van der Waals surface area contributed by atoms with Gasteiger partial charge in [0.05, 0.1) is 18.1 Å². The minimum absolute atomic E-state index is 0.127. The van der Waals surface area contributed by atoms with Gasteiger partial charge in [-0.1, -0.05) is 18.2 Å². The summed E-state index contributed by atoms with van der Waals surface area (Å²) in [5.41, 5.74) is 3.61. The molecule has 0 fully saturated rings. The normalized spacial score (nSPS) is 10.7. The van der Waals surface area contributed by atoms with Gasteiger partial charge in [-0.2, -0.15) is 0 Å². The third-order valence-electron chi connectivity index (χ3n) is 4.92. The molecule has 0 amide bonds. The highest BCUT2D eigenvalue weighted by Gasteiger charge is 2.11. The Morgan fingerprint density at radius 2 is 1.62 bits per heavy atom. The van der Waals surface area contributed by atoms with Crippen LogP contribution >= 0.6 is 0 Å². The number of hydrogen-bond donors (Lipinski definition) is 0. The van der Waals surface area contributed by atoms with Gasteiger partial charge in [-0.15, -0.1) is 0 Å². The first kappa shape index (κ1) is 21.2. The first-order chi connectivity index (χ1) is 15.4. The van der Waals surface area contributed by atoms with Crippen molar-refractivity contribution in [1.29, 1.82) is 0 Å². The van der Waals surface area contributed by atoms with Crippen molar-refractivity contribution < 1.29 is 23.4 Å². The molecule has 0 saturated heterocycles. The molecular weight excluding hydrogens is 408 g/mol. The van der Waals surface area contributed by atoms with Gasteiger partial charge in [-0.3, -0.25) is 4.79 Å². The van der Waals surface area contributed by atoms with Crippen LogP contribution < -0.4 is 14.9 Å². The summed E-state index contributed by atoms with van der Waals surface area (Å²) >= 11 is 0. The quantitative estimate of drug-likeness (QED) is 0.373. The van der Waals surface area contributed by atoms with Crippen LogP contribution in [-0.4, -0.2) is 13.1 Å². The van der Waals surface area contributed by atoms with E-state index in [1.165, 1.54) is 13.4 Å². The van der Waals surface area contributed by atoms with Crippen LogP contribution in [0.1, 0.15) is 27.0 Å². The lowest BCUT2D eigenvalue weighted by molar-refractivity contribution is 0.0600. The molecule has 0 unspecified atom stereocenters. The number of methoxy groups -OCH3 is 1. The summed E-state index contributed by atoms with van der Waals surface area (Å²) in [5.74, 6) is 0.887. The minimum atomic E-state index is -0.386. The van der Waals surface area contributed by atoms with Gasteiger partial charge < -0.3 is 18.6 Å².